The highest BCUT2D eigenvalue weighted by Crippen LogP contribution is 2.49. The Bertz CT molecular complexity index is 2220. The Hall–Kier alpha value is -5.42. The molecule has 3 heterocycles. The Morgan fingerprint density at radius 2 is 1.31 bits per heavy atom. The first kappa shape index (κ1) is 28.8. The molecule has 48 heavy (non-hydrogen) atoms. The van der Waals surface area contributed by atoms with Crippen LogP contribution >= 0.6 is 0 Å². The number of nitrogens with zero attached hydrogens (tertiary/aromatic N) is 1. The molecule has 0 amide bonds. The number of ether oxygens (including phenoxy) is 2. The largest absolute Gasteiger partial charge is 0.486 e. The summed E-state index contributed by atoms with van der Waals surface area (Å²) < 4.78 is 12.4. The molecule has 0 saturated carbocycles. The molecule has 0 bridgehead atoms. The minimum atomic E-state index is 0.0297. The van der Waals surface area contributed by atoms with Crippen molar-refractivity contribution in [1.82, 2.24) is 0 Å². The maximum absolute atomic E-state index is 6.24. The summed E-state index contributed by atoms with van der Waals surface area (Å²) >= 11 is 0. The number of hydrogen-bond donors (Lipinski definition) is 1. The van der Waals surface area contributed by atoms with E-state index < -0.39 is 0 Å². The molecule has 3 aliphatic rings. The lowest BCUT2D eigenvalue weighted by Gasteiger charge is -2.42. The fourth-order valence-corrected chi connectivity index (χ4v) is 7.67. The molecule has 0 unspecified atom stereocenters. The molecule has 6 aromatic rings. The summed E-state index contributed by atoms with van der Waals surface area (Å²) in [7, 11) is 0. The molecular weight excluding hydrogens is 587 g/mol. The van der Waals surface area contributed by atoms with Crippen molar-refractivity contribution >= 4 is 51.5 Å². The average molecular weight is 625 g/mol. The second-order valence-corrected chi connectivity index (χ2v) is 14.2. The normalized spacial score (nSPS) is 14.1. The highest BCUT2D eigenvalue weighted by atomic mass is 16.6. The summed E-state index contributed by atoms with van der Waals surface area (Å²) in [6.07, 6.45) is 0. The number of hydrogen-bond acceptors (Lipinski definition) is 4. The number of benzene rings is 6. The molecule has 3 aliphatic heterocycles. The van der Waals surface area contributed by atoms with E-state index in [4.69, 9.17) is 9.47 Å². The van der Waals surface area contributed by atoms with Gasteiger partial charge in [-0.3, -0.25) is 0 Å². The second-order valence-electron chi connectivity index (χ2n) is 14.2. The standard InChI is InChI=1S/C43H37BN2O2/c1-27-21-36-42-39(22-27)46(37-26-41-40(47-19-20-48-41)25-32(37)29-13-9-6-10-14-29)38-23-30(28-11-7-5-8-12-28)15-17-33(38)44(42)34-24-31(43(2,3)4)16-18-35(34)45-36/h5-18,21-26,45H,19-20H2,1-4H3. The smallest absolute Gasteiger partial charge is 0.252 e. The van der Waals surface area contributed by atoms with Gasteiger partial charge in [0.2, 0.25) is 0 Å². The summed E-state index contributed by atoms with van der Waals surface area (Å²) in [5.74, 6) is 1.56. The van der Waals surface area contributed by atoms with Crippen LogP contribution in [0.25, 0.3) is 22.3 Å². The lowest BCUT2D eigenvalue weighted by molar-refractivity contribution is 0.172. The predicted molar refractivity (Wildman–Crippen MR) is 201 cm³/mol. The van der Waals surface area contributed by atoms with Crippen molar-refractivity contribution in [1.29, 1.82) is 0 Å². The summed E-state index contributed by atoms with van der Waals surface area (Å²) in [5.41, 5.74) is 16.8. The van der Waals surface area contributed by atoms with E-state index in [9.17, 15) is 0 Å². The van der Waals surface area contributed by atoms with Gasteiger partial charge in [-0.2, -0.15) is 0 Å². The molecule has 6 aromatic carbocycles. The van der Waals surface area contributed by atoms with Gasteiger partial charge in [0.05, 0.1) is 5.69 Å². The first-order valence-corrected chi connectivity index (χ1v) is 16.9. The van der Waals surface area contributed by atoms with E-state index in [-0.39, 0.29) is 12.1 Å². The van der Waals surface area contributed by atoms with Crippen molar-refractivity contribution in [2.24, 2.45) is 0 Å². The highest BCUT2D eigenvalue weighted by molar-refractivity contribution is 7.00. The van der Waals surface area contributed by atoms with Gasteiger partial charge in [-0.15, -0.1) is 0 Å². The van der Waals surface area contributed by atoms with Gasteiger partial charge in [-0.05, 0) is 86.9 Å². The van der Waals surface area contributed by atoms with Crippen LogP contribution in [0.15, 0.2) is 121 Å². The zero-order chi connectivity index (χ0) is 32.6. The molecule has 0 fully saturated rings. The van der Waals surface area contributed by atoms with E-state index in [1.165, 1.54) is 55.7 Å². The molecule has 0 radical (unpaired) electrons. The SMILES string of the molecule is Cc1cc2c3c(c1)N(c1cc4c(cc1-c1ccccc1)OCCO4)c1cc(-c4ccccc4)ccc1B3c1cc(C(C)(C)C)ccc1N2. The third-order valence-electron chi connectivity index (χ3n) is 10.0. The van der Waals surface area contributed by atoms with E-state index in [0.717, 1.165) is 34.0 Å². The monoisotopic (exact) mass is 624 g/mol. The summed E-state index contributed by atoms with van der Waals surface area (Å²) in [6.45, 7) is 10.2. The van der Waals surface area contributed by atoms with E-state index in [0.29, 0.717) is 13.2 Å². The first-order chi connectivity index (χ1) is 23.3. The van der Waals surface area contributed by atoms with Crippen molar-refractivity contribution in [3.63, 3.8) is 0 Å². The van der Waals surface area contributed by atoms with Crippen molar-refractivity contribution in [2.75, 3.05) is 23.4 Å². The lowest BCUT2D eigenvalue weighted by Crippen LogP contribution is -2.60. The van der Waals surface area contributed by atoms with Crippen LogP contribution in [-0.2, 0) is 5.41 Å². The zero-order valence-electron chi connectivity index (χ0n) is 27.8. The minimum Gasteiger partial charge on any atom is -0.486 e. The van der Waals surface area contributed by atoms with Gasteiger partial charge in [-0.25, -0.2) is 0 Å². The van der Waals surface area contributed by atoms with Crippen LogP contribution in [0.1, 0.15) is 31.9 Å². The number of aryl methyl sites for hydroxylation is 1. The van der Waals surface area contributed by atoms with Crippen LogP contribution in [-0.4, -0.2) is 19.9 Å². The van der Waals surface area contributed by atoms with Crippen molar-refractivity contribution < 1.29 is 9.47 Å². The van der Waals surface area contributed by atoms with Gasteiger partial charge in [-0.1, -0.05) is 106 Å². The van der Waals surface area contributed by atoms with Gasteiger partial charge in [0.1, 0.15) is 13.2 Å². The molecule has 9 rings (SSSR count). The van der Waals surface area contributed by atoms with Gasteiger partial charge in [0, 0.05) is 34.4 Å². The lowest BCUT2D eigenvalue weighted by atomic mass is 9.33. The molecule has 5 heteroatoms. The molecular formula is C43H37BN2O2. The molecule has 0 saturated heterocycles. The van der Waals surface area contributed by atoms with E-state index >= 15 is 0 Å². The van der Waals surface area contributed by atoms with Crippen LogP contribution in [0.5, 0.6) is 11.5 Å². The van der Waals surface area contributed by atoms with Crippen LogP contribution in [0.2, 0.25) is 0 Å². The maximum atomic E-state index is 6.24. The fraction of sp³-hybridized carbons (Fsp3) is 0.163. The highest BCUT2D eigenvalue weighted by Gasteiger charge is 2.42. The van der Waals surface area contributed by atoms with E-state index in [2.05, 4.69) is 159 Å². The minimum absolute atomic E-state index is 0.0297. The summed E-state index contributed by atoms with van der Waals surface area (Å²) in [6, 6.07) is 44.4. The fourth-order valence-electron chi connectivity index (χ4n) is 7.67. The van der Waals surface area contributed by atoms with Crippen molar-refractivity contribution in [3.8, 4) is 33.8 Å². The second kappa shape index (κ2) is 10.8. The molecule has 1 N–H and O–H groups in total. The topological polar surface area (TPSA) is 33.7 Å². The average Bonchev–Trinajstić information content (AvgIpc) is 3.10. The zero-order valence-corrected chi connectivity index (χ0v) is 27.8. The van der Waals surface area contributed by atoms with Crippen LogP contribution in [0.4, 0.5) is 28.4 Å². The number of anilines is 5. The van der Waals surface area contributed by atoms with Gasteiger partial charge in [0.15, 0.2) is 11.5 Å². The Morgan fingerprint density at radius 3 is 2.04 bits per heavy atom. The third kappa shape index (κ3) is 4.60. The summed E-state index contributed by atoms with van der Waals surface area (Å²) in [5, 5.41) is 3.86. The third-order valence-corrected chi connectivity index (χ3v) is 10.0. The molecule has 0 aliphatic carbocycles. The Kier molecular flexibility index (Phi) is 6.48. The van der Waals surface area contributed by atoms with Crippen LogP contribution in [0, 0.1) is 6.92 Å². The van der Waals surface area contributed by atoms with Crippen LogP contribution < -0.4 is 36.1 Å². The quantitative estimate of drug-likeness (QED) is 0.199. The number of fused-ring (bicyclic) bond motifs is 5. The van der Waals surface area contributed by atoms with Gasteiger partial charge < -0.3 is 19.7 Å². The first-order valence-electron chi connectivity index (χ1n) is 16.9. The number of nitrogens with one attached hydrogen (secondary N) is 1. The molecule has 0 atom stereocenters. The Balaban J connectivity index is 1.37. The maximum Gasteiger partial charge on any atom is 0.252 e. The molecule has 0 spiro atoms. The molecule has 234 valence electrons. The Morgan fingerprint density at radius 1 is 0.604 bits per heavy atom. The van der Waals surface area contributed by atoms with Crippen molar-refractivity contribution in [2.45, 2.75) is 33.1 Å². The van der Waals surface area contributed by atoms with Gasteiger partial charge >= 0.3 is 0 Å². The van der Waals surface area contributed by atoms with Gasteiger partial charge in [0.25, 0.3) is 6.71 Å². The molecule has 4 nitrogen and oxygen atoms in total. The van der Waals surface area contributed by atoms with E-state index in [1.54, 1.807) is 0 Å². The van der Waals surface area contributed by atoms with Crippen LogP contribution in [0.3, 0.4) is 0 Å². The van der Waals surface area contributed by atoms with Crippen molar-refractivity contribution in [3.05, 3.63) is 132 Å². The predicted octanol–water partition coefficient (Wildman–Crippen LogP) is 8.75. The molecule has 0 aromatic heterocycles. The summed E-state index contributed by atoms with van der Waals surface area (Å²) in [4.78, 5) is 2.48. The van der Waals surface area contributed by atoms with E-state index in [1.807, 2.05) is 0 Å². The number of rotatable bonds is 3. The Labute approximate surface area is 283 Å².